The third-order valence-corrected chi connectivity index (χ3v) is 2.20. The van der Waals surface area contributed by atoms with Crippen LogP contribution in [0, 0.1) is 0 Å². The van der Waals surface area contributed by atoms with E-state index in [1.165, 1.54) is 6.20 Å². The lowest BCUT2D eigenvalue weighted by molar-refractivity contribution is 0.00614. The zero-order valence-corrected chi connectivity index (χ0v) is 9.73. The maximum Gasteiger partial charge on any atom is 0.361 e. The Balaban J connectivity index is 2.03. The number of nitrogens with one attached hydrogen (secondary N) is 1. The van der Waals surface area contributed by atoms with Crippen molar-refractivity contribution in [1.29, 1.82) is 0 Å². The van der Waals surface area contributed by atoms with Crippen LogP contribution in [0.5, 0.6) is 0 Å². The highest BCUT2D eigenvalue weighted by molar-refractivity contribution is 5.86. The second-order valence-corrected chi connectivity index (χ2v) is 4.86. The molecule has 0 unspecified atom stereocenters. The van der Waals surface area contributed by atoms with E-state index in [9.17, 15) is 4.79 Å². The molecule has 1 aromatic rings. The number of hydrogen-bond donors (Lipinski definition) is 1. The van der Waals surface area contributed by atoms with E-state index in [4.69, 9.17) is 4.74 Å². The van der Waals surface area contributed by atoms with Crippen molar-refractivity contribution in [1.82, 2.24) is 20.3 Å². The summed E-state index contributed by atoms with van der Waals surface area (Å²) in [5, 5.41) is 11.3. The largest absolute Gasteiger partial charge is 0.455 e. The van der Waals surface area contributed by atoms with Gasteiger partial charge in [-0.2, -0.15) is 9.90 Å². The Labute approximate surface area is 94.0 Å². The zero-order valence-electron chi connectivity index (χ0n) is 9.73. The molecule has 16 heavy (non-hydrogen) atoms. The van der Waals surface area contributed by atoms with Gasteiger partial charge in [-0.15, -0.1) is 5.10 Å². The van der Waals surface area contributed by atoms with Gasteiger partial charge in [0.1, 0.15) is 5.60 Å². The van der Waals surface area contributed by atoms with Crippen molar-refractivity contribution >= 4 is 5.97 Å². The van der Waals surface area contributed by atoms with Gasteiger partial charge in [0.05, 0.1) is 12.2 Å². The summed E-state index contributed by atoms with van der Waals surface area (Å²) in [6, 6.07) is 0.260. The van der Waals surface area contributed by atoms with Crippen LogP contribution in [0.1, 0.15) is 37.3 Å². The minimum absolute atomic E-state index is 0.260. The normalized spacial score (nSPS) is 16.9. The molecule has 0 saturated carbocycles. The number of rotatable bonds is 2. The molecule has 1 fully saturated rings. The lowest BCUT2D eigenvalue weighted by atomic mass is 10.2. The van der Waals surface area contributed by atoms with Gasteiger partial charge in [0.15, 0.2) is 5.69 Å². The number of nitrogens with zero attached hydrogens (tertiary/aromatic N) is 3. The molecule has 1 N–H and O–H groups in total. The van der Waals surface area contributed by atoms with Gasteiger partial charge in [-0.05, 0) is 20.8 Å². The lowest BCUT2D eigenvalue weighted by Crippen LogP contribution is -2.44. The van der Waals surface area contributed by atoms with Crippen LogP contribution in [-0.2, 0) is 4.74 Å². The van der Waals surface area contributed by atoms with Gasteiger partial charge in [0, 0.05) is 13.1 Å². The molecule has 0 bridgehead atoms. The first-order valence-corrected chi connectivity index (χ1v) is 5.31. The van der Waals surface area contributed by atoms with Crippen molar-refractivity contribution in [2.75, 3.05) is 13.1 Å². The topological polar surface area (TPSA) is 69.0 Å². The lowest BCUT2D eigenvalue weighted by Gasteiger charge is -2.25. The first kappa shape index (κ1) is 11.1. The van der Waals surface area contributed by atoms with Gasteiger partial charge in [-0.1, -0.05) is 0 Å². The van der Waals surface area contributed by atoms with E-state index in [-0.39, 0.29) is 11.7 Å². The average Bonchev–Trinajstić information content (AvgIpc) is 2.46. The van der Waals surface area contributed by atoms with Crippen LogP contribution < -0.4 is 5.32 Å². The van der Waals surface area contributed by atoms with E-state index in [0.29, 0.717) is 0 Å². The second-order valence-electron chi connectivity index (χ2n) is 4.86. The molecule has 1 aliphatic heterocycles. The van der Waals surface area contributed by atoms with Gasteiger partial charge >= 0.3 is 5.97 Å². The fourth-order valence-electron chi connectivity index (χ4n) is 1.31. The summed E-state index contributed by atoms with van der Waals surface area (Å²) in [6.07, 6.45) is 1.45. The molecule has 6 heteroatoms. The second kappa shape index (κ2) is 3.86. The minimum atomic E-state index is -0.501. The number of carbonyl (C=O) groups excluding carboxylic acids is 1. The van der Waals surface area contributed by atoms with Crippen molar-refractivity contribution in [3.8, 4) is 0 Å². The summed E-state index contributed by atoms with van der Waals surface area (Å²) in [5.41, 5.74) is -0.236. The van der Waals surface area contributed by atoms with E-state index in [2.05, 4.69) is 15.5 Å². The van der Waals surface area contributed by atoms with Crippen molar-refractivity contribution < 1.29 is 9.53 Å². The molecule has 0 amide bonds. The smallest absolute Gasteiger partial charge is 0.361 e. The molecule has 0 spiro atoms. The summed E-state index contributed by atoms with van der Waals surface area (Å²) in [4.78, 5) is 13.2. The van der Waals surface area contributed by atoms with Crippen LogP contribution in [0.2, 0.25) is 0 Å². The van der Waals surface area contributed by atoms with E-state index in [1.807, 2.05) is 20.8 Å². The number of aromatic nitrogens is 3. The Bertz CT molecular complexity index is 390. The highest BCUT2D eigenvalue weighted by atomic mass is 16.6. The molecule has 0 aliphatic carbocycles. The first-order valence-electron chi connectivity index (χ1n) is 5.31. The molecular formula is C10H16N4O2. The van der Waals surface area contributed by atoms with Crippen LogP contribution in [0.15, 0.2) is 6.20 Å². The van der Waals surface area contributed by atoms with Crippen LogP contribution in [0.3, 0.4) is 0 Å². The molecule has 88 valence electrons. The third-order valence-electron chi connectivity index (χ3n) is 2.20. The monoisotopic (exact) mass is 224 g/mol. The van der Waals surface area contributed by atoms with Gasteiger partial charge in [-0.3, -0.25) is 0 Å². The fraction of sp³-hybridized carbons (Fsp3) is 0.700. The Morgan fingerprint density at radius 3 is 2.75 bits per heavy atom. The maximum atomic E-state index is 11.6. The summed E-state index contributed by atoms with van der Waals surface area (Å²) >= 11 is 0. The van der Waals surface area contributed by atoms with Crippen molar-refractivity contribution in [2.45, 2.75) is 32.4 Å². The third kappa shape index (κ3) is 2.38. The summed E-state index contributed by atoms with van der Waals surface area (Å²) in [5.74, 6) is -0.425. The van der Waals surface area contributed by atoms with Crippen LogP contribution in [0.4, 0.5) is 0 Å². The van der Waals surface area contributed by atoms with Gasteiger partial charge in [0.2, 0.25) is 0 Å². The molecule has 1 aromatic heterocycles. The molecule has 2 heterocycles. The molecular weight excluding hydrogens is 208 g/mol. The minimum Gasteiger partial charge on any atom is -0.455 e. The molecule has 0 aromatic carbocycles. The molecule has 6 nitrogen and oxygen atoms in total. The summed E-state index contributed by atoms with van der Waals surface area (Å²) in [7, 11) is 0. The molecule has 1 aliphatic rings. The Morgan fingerprint density at radius 1 is 1.56 bits per heavy atom. The Hall–Kier alpha value is -1.43. The molecule has 1 saturated heterocycles. The first-order chi connectivity index (χ1) is 7.46. The fourth-order valence-corrected chi connectivity index (χ4v) is 1.31. The average molecular weight is 224 g/mol. The summed E-state index contributed by atoms with van der Waals surface area (Å²) in [6.45, 7) is 7.17. The van der Waals surface area contributed by atoms with Crippen molar-refractivity contribution in [3.05, 3.63) is 11.9 Å². The number of hydrogen-bond acceptors (Lipinski definition) is 5. The quantitative estimate of drug-likeness (QED) is 0.735. The highest BCUT2D eigenvalue weighted by Gasteiger charge is 2.24. The predicted molar refractivity (Wildman–Crippen MR) is 57.1 cm³/mol. The summed E-state index contributed by atoms with van der Waals surface area (Å²) < 4.78 is 5.20. The van der Waals surface area contributed by atoms with Crippen LogP contribution >= 0.6 is 0 Å². The van der Waals surface area contributed by atoms with Gasteiger partial charge in [-0.25, -0.2) is 4.79 Å². The van der Waals surface area contributed by atoms with E-state index >= 15 is 0 Å². The molecule has 0 radical (unpaired) electrons. The van der Waals surface area contributed by atoms with Gasteiger partial charge in [0.25, 0.3) is 0 Å². The van der Waals surface area contributed by atoms with E-state index in [0.717, 1.165) is 13.1 Å². The van der Waals surface area contributed by atoms with E-state index < -0.39 is 11.6 Å². The number of ether oxygens (including phenoxy) is 1. The maximum absolute atomic E-state index is 11.6. The number of carbonyl (C=O) groups is 1. The Morgan fingerprint density at radius 2 is 2.25 bits per heavy atom. The van der Waals surface area contributed by atoms with E-state index in [1.54, 1.807) is 4.80 Å². The molecule has 0 atom stereocenters. The predicted octanol–water partition coefficient (Wildman–Crippen LogP) is 0.378. The van der Waals surface area contributed by atoms with Crippen molar-refractivity contribution in [3.63, 3.8) is 0 Å². The van der Waals surface area contributed by atoms with Crippen LogP contribution in [-0.4, -0.2) is 39.7 Å². The van der Waals surface area contributed by atoms with Gasteiger partial charge < -0.3 is 10.1 Å². The Kier molecular flexibility index (Phi) is 2.67. The number of esters is 1. The highest BCUT2D eigenvalue weighted by Crippen LogP contribution is 2.12. The van der Waals surface area contributed by atoms with Crippen molar-refractivity contribution in [2.24, 2.45) is 0 Å². The van der Waals surface area contributed by atoms with Crippen LogP contribution in [0.25, 0.3) is 0 Å². The zero-order chi connectivity index (χ0) is 11.8. The SMILES string of the molecule is CC(C)(C)OC(=O)c1cnn(C2CNC2)n1. The molecule has 2 rings (SSSR count). The standard InChI is InChI=1S/C10H16N4O2/c1-10(2,3)16-9(15)8-6-12-14(13-8)7-4-11-5-7/h6-7,11H,4-5H2,1-3H3.